The molecular formula is C18H29N3O2. The molecule has 1 amide bonds. The third-order valence-corrected chi connectivity index (χ3v) is 4.03. The van der Waals surface area contributed by atoms with Crippen LogP contribution in [-0.4, -0.2) is 41.2 Å². The zero-order chi connectivity index (χ0) is 17.2. The average molecular weight is 319 g/mol. The van der Waals surface area contributed by atoms with Crippen molar-refractivity contribution in [2.45, 2.75) is 65.1 Å². The molecule has 0 spiro atoms. The van der Waals surface area contributed by atoms with Gasteiger partial charge in [0, 0.05) is 23.8 Å². The van der Waals surface area contributed by atoms with E-state index in [1.807, 2.05) is 40.7 Å². The van der Waals surface area contributed by atoms with Crippen LogP contribution in [0.15, 0.2) is 18.3 Å². The molecule has 1 aliphatic heterocycles. The molecule has 1 unspecified atom stereocenters. The van der Waals surface area contributed by atoms with Gasteiger partial charge in [-0.3, -0.25) is 9.80 Å². The molecule has 0 aliphatic carbocycles. The first kappa shape index (κ1) is 17.7. The summed E-state index contributed by atoms with van der Waals surface area (Å²) >= 11 is 0. The number of aromatic nitrogens is 1. The Hall–Kier alpha value is -1.62. The Bertz CT molecular complexity index is 551. The summed E-state index contributed by atoms with van der Waals surface area (Å²) in [4.78, 5) is 21.2. The fourth-order valence-electron chi connectivity index (χ4n) is 3.03. The number of pyridine rings is 1. The Morgan fingerprint density at radius 1 is 1.43 bits per heavy atom. The molecule has 2 heterocycles. The Kier molecular flexibility index (Phi) is 5.30. The second-order valence-electron chi connectivity index (χ2n) is 7.50. The number of rotatable bonds is 3. The van der Waals surface area contributed by atoms with Crippen LogP contribution in [0.4, 0.5) is 10.6 Å². The molecule has 0 saturated carbocycles. The van der Waals surface area contributed by atoms with Gasteiger partial charge in [-0.1, -0.05) is 6.07 Å². The van der Waals surface area contributed by atoms with Gasteiger partial charge in [0.1, 0.15) is 11.4 Å². The van der Waals surface area contributed by atoms with Crippen LogP contribution in [0.3, 0.4) is 0 Å². The van der Waals surface area contributed by atoms with Crippen LogP contribution in [0.5, 0.6) is 0 Å². The van der Waals surface area contributed by atoms with Crippen molar-refractivity contribution in [3.63, 3.8) is 0 Å². The number of hydrogen-bond acceptors (Lipinski definition) is 4. The number of carbonyl (C=O) groups excluding carboxylic acids is 1. The Labute approximate surface area is 139 Å². The summed E-state index contributed by atoms with van der Waals surface area (Å²) in [5, 5.41) is 0. The molecule has 1 aromatic heterocycles. The van der Waals surface area contributed by atoms with E-state index in [4.69, 9.17) is 4.74 Å². The quantitative estimate of drug-likeness (QED) is 0.845. The van der Waals surface area contributed by atoms with Gasteiger partial charge < -0.3 is 4.74 Å². The fourth-order valence-corrected chi connectivity index (χ4v) is 3.03. The third kappa shape index (κ3) is 4.22. The maximum Gasteiger partial charge on any atom is 0.416 e. The smallest absolute Gasteiger partial charge is 0.416 e. The molecule has 0 N–H and O–H groups in total. The average Bonchev–Trinajstić information content (AvgIpc) is 2.83. The predicted molar refractivity (Wildman–Crippen MR) is 92.7 cm³/mol. The molecule has 1 saturated heterocycles. The number of ether oxygens (including phenoxy) is 1. The zero-order valence-electron chi connectivity index (χ0n) is 15.2. The zero-order valence-corrected chi connectivity index (χ0v) is 15.2. The van der Waals surface area contributed by atoms with Crippen molar-refractivity contribution in [3.8, 4) is 0 Å². The number of amides is 1. The van der Waals surface area contributed by atoms with Gasteiger partial charge in [-0.25, -0.2) is 9.78 Å². The second-order valence-corrected chi connectivity index (χ2v) is 7.50. The topological polar surface area (TPSA) is 45.7 Å². The number of carbonyl (C=O) groups is 1. The number of anilines is 1. The van der Waals surface area contributed by atoms with Crippen molar-refractivity contribution in [1.29, 1.82) is 0 Å². The molecule has 0 radical (unpaired) electrons. The van der Waals surface area contributed by atoms with Crippen LogP contribution >= 0.6 is 0 Å². The SMILES string of the molecule is CC(C)N(C(=O)OC(C)(C)C)c1ncccc1C1CCCN1C. The number of likely N-dealkylation sites (tertiary alicyclic amines) is 1. The van der Waals surface area contributed by atoms with E-state index in [9.17, 15) is 4.79 Å². The largest absolute Gasteiger partial charge is 0.443 e. The van der Waals surface area contributed by atoms with Crippen LogP contribution in [-0.2, 0) is 4.74 Å². The normalized spacial score (nSPS) is 19.2. The summed E-state index contributed by atoms with van der Waals surface area (Å²) in [7, 11) is 2.13. The summed E-state index contributed by atoms with van der Waals surface area (Å²) in [6.45, 7) is 10.7. The summed E-state index contributed by atoms with van der Waals surface area (Å²) < 4.78 is 5.59. The number of nitrogens with zero attached hydrogens (tertiary/aromatic N) is 3. The molecule has 5 heteroatoms. The minimum atomic E-state index is -0.524. The van der Waals surface area contributed by atoms with Crippen molar-refractivity contribution in [1.82, 2.24) is 9.88 Å². The molecule has 5 nitrogen and oxygen atoms in total. The molecule has 2 rings (SSSR count). The van der Waals surface area contributed by atoms with E-state index < -0.39 is 5.60 Å². The lowest BCUT2D eigenvalue weighted by molar-refractivity contribution is 0.0568. The fraction of sp³-hybridized carbons (Fsp3) is 0.667. The highest BCUT2D eigenvalue weighted by Crippen LogP contribution is 2.36. The van der Waals surface area contributed by atoms with Gasteiger partial charge in [-0.2, -0.15) is 0 Å². The highest BCUT2D eigenvalue weighted by atomic mass is 16.6. The Balaban J connectivity index is 2.38. The van der Waals surface area contributed by atoms with E-state index in [1.165, 1.54) is 6.42 Å². The number of hydrogen-bond donors (Lipinski definition) is 0. The van der Waals surface area contributed by atoms with E-state index in [0.29, 0.717) is 6.04 Å². The molecule has 0 bridgehead atoms. The van der Waals surface area contributed by atoms with Gasteiger partial charge >= 0.3 is 6.09 Å². The van der Waals surface area contributed by atoms with E-state index in [-0.39, 0.29) is 12.1 Å². The summed E-state index contributed by atoms with van der Waals surface area (Å²) in [5.41, 5.74) is 0.579. The third-order valence-electron chi connectivity index (χ3n) is 4.03. The molecular weight excluding hydrogens is 290 g/mol. The standard InChI is InChI=1S/C18H29N3O2/c1-13(2)21(17(22)23-18(3,4)5)16-14(9-7-11-19-16)15-10-8-12-20(15)6/h7,9,11,13,15H,8,10,12H2,1-6H3. The van der Waals surface area contributed by atoms with Crippen LogP contribution in [0.25, 0.3) is 0 Å². The van der Waals surface area contributed by atoms with Crippen molar-refractivity contribution < 1.29 is 9.53 Å². The lowest BCUT2D eigenvalue weighted by atomic mass is 10.0. The highest BCUT2D eigenvalue weighted by Gasteiger charge is 2.32. The van der Waals surface area contributed by atoms with Gasteiger partial charge in [0.05, 0.1) is 0 Å². The van der Waals surface area contributed by atoms with Crippen molar-refractivity contribution in [3.05, 3.63) is 23.9 Å². The second kappa shape index (κ2) is 6.87. The van der Waals surface area contributed by atoms with Gasteiger partial charge in [-0.05, 0) is 67.1 Å². The van der Waals surface area contributed by atoms with Gasteiger partial charge in [0.25, 0.3) is 0 Å². The molecule has 1 fully saturated rings. The lowest BCUT2D eigenvalue weighted by Gasteiger charge is -2.32. The molecule has 1 atom stereocenters. The van der Waals surface area contributed by atoms with Crippen LogP contribution in [0.1, 0.15) is 59.1 Å². The Morgan fingerprint density at radius 2 is 2.13 bits per heavy atom. The minimum absolute atomic E-state index is 0.0230. The molecule has 23 heavy (non-hydrogen) atoms. The maximum atomic E-state index is 12.7. The summed E-state index contributed by atoms with van der Waals surface area (Å²) in [6, 6.07) is 4.31. The van der Waals surface area contributed by atoms with Crippen LogP contribution in [0.2, 0.25) is 0 Å². The van der Waals surface area contributed by atoms with E-state index in [2.05, 4.69) is 23.0 Å². The summed E-state index contributed by atoms with van der Waals surface area (Å²) in [6.07, 6.45) is 3.67. The minimum Gasteiger partial charge on any atom is -0.443 e. The van der Waals surface area contributed by atoms with E-state index >= 15 is 0 Å². The van der Waals surface area contributed by atoms with Gasteiger partial charge in [0.2, 0.25) is 0 Å². The van der Waals surface area contributed by atoms with Crippen molar-refractivity contribution >= 4 is 11.9 Å². The molecule has 1 aromatic rings. The van der Waals surface area contributed by atoms with Gasteiger partial charge in [0.15, 0.2) is 0 Å². The Morgan fingerprint density at radius 3 is 2.65 bits per heavy atom. The monoisotopic (exact) mass is 319 g/mol. The predicted octanol–water partition coefficient (Wildman–Crippen LogP) is 4.00. The van der Waals surface area contributed by atoms with E-state index in [1.54, 1.807) is 11.1 Å². The lowest BCUT2D eigenvalue weighted by Crippen LogP contribution is -2.42. The highest BCUT2D eigenvalue weighted by molar-refractivity contribution is 5.88. The van der Waals surface area contributed by atoms with E-state index in [0.717, 1.165) is 24.3 Å². The molecule has 128 valence electrons. The first-order valence-corrected chi connectivity index (χ1v) is 8.38. The van der Waals surface area contributed by atoms with Gasteiger partial charge in [-0.15, -0.1) is 0 Å². The molecule has 0 aromatic carbocycles. The summed E-state index contributed by atoms with van der Waals surface area (Å²) in [5.74, 6) is 0.718. The maximum absolute atomic E-state index is 12.7. The van der Waals surface area contributed by atoms with Crippen molar-refractivity contribution in [2.75, 3.05) is 18.5 Å². The first-order chi connectivity index (χ1) is 10.7. The van der Waals surface area contributed by atoms with Crippen molar-refractivity contribution in [2.24, 2.45) is 0 Å². The first-order valence-electron chi connectivity index (χ1n) is 8.38. The van der Waals surface area contributed by atoms with Crippen LogP contribution < -0.4 is 4.90 Å². The van der Waals surface area contributed by atoms with Crippen LogP contribution in [0, 0.1) is 0 Å². The molecule has 1 aliphatic rings.